The van der Waals surface area contributed by atoms with E-state index in [1.807, 2.05) is 13.8 Å². The molecule has 1 saturated heterocycles. The third-order valence-corrected chi connectivity index (χ3v) is 19.6. The minimum Gasteiger partial charge on any atom is -0.343 e. The normalized spacial score (nSPS) is 29.8. The van der Waals surface area contributed by atoms with Gasteiger partial charge in [-0.15, -0.1) is 11.6 Å². The molecule has 11 atom stereocenters. The van der Waals surface area contributed by atoms with Crippen molar-refractivity contribution in [1.29, 1.82) is 0 Å². The van der Waals surface area contributed by atoms with Crippen LogP contribution in [0.2, 0.25) is 0 Å². The molecule has 0 radical (unpaired) electrons. The van der Waals surface area contributed by atoms with Crippen molar-refractivity contribution < 1.29 is 79.1 Å². The lowest BCUT2D eigenvalue weighted by atomic mass is 9.78. The summed E-state index contributed by atoms with van der Waals surface area (Å²) in [5.41, 5.74) is -1.72. The van der Waals surface area contributed by atoms with Crippen LogP contribution in [0.5, 0.6) is 0 Å². The Morgan fingerprint density at radius 2 is 1.09 bits per heavy atom. The van der Waals surface area contributed by atoms with Crippen LogP contribution in [0.25, 0.3) is 0 Å². The number of nitrogens with one attached hydrogen (secondary N) is 4. The highest BCUT2D eigenvalue weighted by molar-refractivity contribution is 6.20. The van der Waals surface area contributed by atoms with Gasteiger partial charge in [-0.3, -0.25) is 52.7 Å². The summed E-state index contributed by atoms with van der Waals surface area (Å²) in [4.78, 5) is 165. The molecule has 22 nitrogen and oxygen atoms in total. The molecule has 3 unspecified atom stereocenters. The van der Waals surface area contributed by atoms with Gasteiger partial charge in [0, 0.05) is 67.2 Å². The van der Waals surface area contributed by atoms with E-state index in [-0.39, 0.29) is 95.3 Å². The number of nitrogens with zero attached hydrogens (tertiary/aromatic N) is 7. The van der Waals surface area contributed by atoms with E-state index in [0.717, 1.165) is 24.5 Å². The van der Waals surface area contributed by atoms with E-state index in [9.17, 15) is 79.1 Å². The average molecular weight is 1340 g/mol. The van der Waals surface area contributed by atoms with Gasteiger partial charge in [0.2, 0.25) is 65.0 Å². The van der Waals surface area contributed by atoms with E-state index in [1.165, 1.54) is 79.9 Å². The van der Waals surface area contributed by atoms with Gasteiger partial charge in [0.05, 0.1) is 31.5 Å². The third-order valence-electron chi connectivity index (χ3n) is 19.1. The maximum absolute atomic E-state index is 14.8. The van der Waals surface area contributed by atoms with Crippen LogP contribution in [-0.4, -0.2) is 234 Å². The number of hydrogen-bond acceptors (Lipinski definition) is 11. The van der Waals surface area contributed by atoms with Crippen molar-refractivity contribution in [3.05, 3.63) is 0 Å². The van der Waals surface area contributed by atoms with Crippen LogP contribution >= 0.6 is 11.6 Å². The van der Waals surface area contributed by atoms with Crippen LogP contribution in [0, 0.1) is 41.4 Å². The van der Waals surface area contributed by atoms with E-state index in [1.54, 1.807) is 34.6 Å². The van der Waals surface area contributed by atoms with Crippen molar-refractivity contribution in [2.45, 2.75) is 225 Å². The smallest absolute Gasteiger partial charge is 0.343 e. The van der Waals surface area contributed by atoms with E-state index >= 15 is 0 Å². The highest BCUT2D eigenvalue weighted by Crippen LogP contribution is 2.44. The van der Waals surface area contributed by atoms with Gasteiger partial charge in [-0.25, -0.2) is 0 Å². The lowest BCUT2D eigenvalue weighted by Crippen LogP contribution is -2.63. The molecule has 3 aliphatic rings. The Kier molecular flexibility index (Phi) is 30.1. The van der Waals surface area contributed by atoms with Crippen LogP contribution in [0.3, 0.4) is 0 Å². The topological polar surface area (TPSA) is 259 Å². The standard InChI is InChI=1S/C63H104ClF6N11O11/c1-18-37(6)53-59(91)77(13)33-51(84)75(11)34-52(85)80(16)48(31-41-19-23-42(24-20-41)62(65,66)67)58(90)76(12)32-49(82)71-45(26-22-40-21-25-43(44(64)30-40)63(68,69)70)55(87)72-47(28-36(4)5)57(89)81(17)61(9,10)60(92)73-46(27-35(2)3)56(88)78(14)38(7)29-50(83)79(15)39(8)54(86)74-53/h35-48,53H,18-34H2,1-17H3,(H,71,82)(H,72,87)(H,73,92)(H,74,86)/t37-,38+,39-,40?,41?,42?,43?,44?,45-,46-,47-,48-,53-/m0/s1. The maximum Gasteiger partial charge on any atom is 0.393 e. The Morgan fingerprint density at radius 3 is 1.61 bits per heavy atom. The number of rotatable bonds is 11. The number of amides is 11. The molecule has 526 valence electrons. The molecule has 2 saturated carbocycles. The molecular formula is C63H104ClF6N11O11. The van der Waals surface area contributed by atoms with Crippen LogP contribution in [-0.2, 0) is 52.7 Å². The van der Waals surface area contributed by atoms with Crippen molar-refractivity contribution in [2.75, 3.05) is 69.0 Å². The van der Waals surface area contributed by atoms with Crippen molar-refractivity contribution in [2.24, 2.45) is 41.4 Å². The molecule has 0 bridgehead atoms. The van der Waals surface area contributed by atoms with E-state index < -0.39 is 180 Å². The third kappa shape index (κ3) is 22.6. The molecule has 0 aromatic rings. The zero-order valence-electron chi connectivity index (χ0n) is 56.9. The van der Waals surface area contributed by atoms with Gasteiger partial charge in [0.15, 0.2) is 0 Å². The van der Waals surface area contributed by atoms with Crippen molar-refractivity contribution in [1.82, 2.24) is 55.6 Å². The number of carbonyl (C=O) groups excluding carboxylic acids is 11. The predicted octanol–water partition coefficient (Wildman–Crippen LogP) is 5.73. The minimum atomic E-state index is -4.55. The van der Waals surface area contributed by atoms with Crippen LogP contribution < -0.4 is 21.3 Å². The highest BCUT2D eigenvalue weighted by atomic mass is 35.5. The first-order chi connectivity index (χ1) is 42.3. The zero-order chi connectivity index (χ0) is 70.4. The second kappa shape index (κ2) is 34.4. The number of likely N-dealkylation sites (N-methyl/N-ethyl adjacent to an activating group) is 7. The number of halogens is 7. The first kappa shape index (κ1) is 80.3. The van der Waals surface area contributed by atoms with Crippen LogP contribution in [0.4, 0.5) is 26.3 Å². The molecule has 92 heavy (non-hydrogen) atoms. The maximum atomic E-state index is 14.8. The second-order valence-electron chi connectivity index (χ2n) is 27.6. The fraction of sp³-hybridized carbons (Fsp3) is 0.825. The monoisotopic (exact) mass is 1340 g/mol. The number of alkyl halides is 7. The lowest BCUT2D eigenvalue weighted by Gasteiger charge is -2.39. The Balaban J connectivity index is 2.18. The molecule has 11 amide bonds. The Labute approximate surface area is 544 Å². The summed E-state index contributed by atoms with van der Waals surface area (Å²) in [6, 6.07) is -8.58. The largest absolute Gasteiger partial charge is 0.393 e. The molecular weight excluding hydrogens is 1240 g/mol. The van der Waals surface area contributed by atoms with Crippen LogP contribution in [0.1, 0.15) is 159 Å². The summed E-state index contributed by atoms with van der Waals surface area (Å²) in [6.07, 6.45) is -9.67. The van der Waals surface area contributed by atoms with Gasteiger partial charge < -0.3 is 55.6 Å². The Hall–Kier alpha value is -5.96. The average Bonchev–Trinajstić information content (AvgIpc) is 0.888. The minimum absolute atomic E-state index is 0.000851. The van der Waals surface area contributed by atoms with Gasteiger partial charge in [-0.2, -0.15) is 26.3 Å². The second-order valence-corrected chi connectivity index (χ2v) is 28.1. The van der Waals surface area contributed by atoms with Gasteiger partial charge >= 0.3 is 12.4 Å². The van der Waals surface area contributed by atoms with Gasteiger partial charge in [-0.05, 0) is 134 Å². The molecule has 0 aromatic carbocycles. The van der Waals surface area contributed by atoms with Crippen molar-refractivity contribution >= 4 is 76.6 Å². The van der Waals surface area contributed by atoms with Crippen molar-refractivity contribution in [3.8, 4) is 0 Å². The fourth-order valence-corrected chi connectivity index (χ4v) is 12.5. The predicted molar refractivity (Wildman–Crippen MR) is 333 cm³/mol. The first-order valence-electron chi connectivity index (χ1n) is 32.1. The zero-order valence-corrected chi connectivity index (χ0v) is 57.7. The van der Waals surface area contributed by atoms with E-state index in [0.29, 0.717) is 6.42 Å². The summed E-state index contributed by atoms with van der Waals surface area (Å²) in [5.74, 6) is -13.4. The number of hydrogen-bond donors (Lipinski definition) is 4. The quantitative estimate of drug-likeness (QED) is 0.144. The fourth-order valence-electron chi connectivity index (χ4n) is 12.0. The molecule has 29 heteroatoms. The van der Waals surface area contributed by atoms with E-state index in [4.69, 9.17) is 11.6 Å². The molecule has 3 fully saturated rings. The molecule has 4 N–H and O–H groups in total. The summed E-state index contributed by atoms with van der Waals surface area (Å²) in [7, 11) is 9.29. The molecule has 1 heterocycles. The summed E-state index contributed by atoms with van der Waals surface area (Å²) < 4.78 is 83.1. The first-order valence-corrected chi connectivity index (χ1v) is 32.6. The Morgan fingerprint density at radius 1 is 0.554 bits per heavy atom. The van der Waals surface area contributed by atoms with Gasteiger partial charge in [0.1, 0.15) is 41.8 Å². The molecule has 1 aliphatic heterocycles. The SMILES string of the molecule is CC[C@H](C)[C@@H]1NC(=O)[C@H](C)N(C)C(=O)C[C@@H](C)N(C)C(=O)[C@H](CC(C)C)NC(=O)C(C)(C)N(C)C(=O)[C@H](CC(C)C)NC(=O)[C@H](CCC2CCC(C(F)(F)F)C(Cl)C2)NC(=O)CN(C)C(=O)[C@H](CC2CCC(C(F)(F)F)CC2)N(C)C(=O)CN(C)C(=O)CN(C)C1=O. The highest BCUT2D eigenvalue weighted by Gasteiger charge is 2.48. The molecule has 0 aromatic heterocycles. The number of carbonyl (C=O) groups is 11. The molecule has 2 aliphatic carbocycles. The summed E-state index contributed by atoms with van der Waals surface area (Å²) in [5, 5.41) is 9.65. The summed E-state index contributed by atoms with van der Waals surface area (Å²) in [6.45, 7) is 14.6. The Bertz CT molecular complexity index is 2590. The van der Waals surface area contributed by atoms with Gasteiger partial charge in [-0.1, -0.05) is 48.0 Å². The van der Waals surface area contributed by atoms with Crippen molar-refractivity contribution in [3.63, 3.8) is 0 Å². The van der Waals surface area contributed by atoms with Crippen LogP contribution in [0.15, 0.2) is 0 Å². The molecule has 0 spiro atoms. The molecule has 3 rings (SSSR count). The summed E-state index contributed by atoms with van der Waals surface area (Å²) >= 11 is 6.31. The lowest BCUT2D eigenvalue weighted by molar-refractivity contribution is -0.184. The van der Waals surface area contributed by atoms with Gasteiger partial charge in [0.25, 0.3) is 0 Å². The van der Waals surface area contributed by atoms with E-state index in [2.05, 4.69) is 21.3 Å².